The molecule has 0 bridgehead atoms. The largest absolute Gasteiger partial charge is 0.461 e. The van der Waals surface area contributed by atoms with Gasteiger partial charge in [0.1, 0.15) is 11.5 Å². The van der Waals surface area contributed by atoms with Crippen LogP contribution in [0.5, 0.6) is 0 Å². The van der Waals surface area contributed by atoms with Crippen molar-refractivity contribution < 1.29 is 9.21 Å². The van der Waals surface area contributed by atoms with E-state index in [2.05, 4.69) is 17.3 Å². The van der Waals surface area contributed by atoms with Crippen molar-refractivity contribution in [3.8, 4) is 11.3 Å². The SMILES string of the molecule is Cc1ccc(-c2ccc(C(=O)N3CCN(C)C4(CCNCC4)C3)cc2)o1. The van der Waals surface area contributed by atoms with Crippen LogP contribution in [-0.4, -0.2) is 61.0 Å². The minimum absolute atomic E-state index is 0.130. The second-order valence-electron chi connectivity index (χ2n) is 7.61. The second-order valence-corrected chi connectivity index (χ2v) is 7.61. The molecule has 2 aromatic rings. The smallest absolute Gasteiger partial charge is 0.253 e. The fourth-order valence-electron chi connectivity index (χ4n) is 4.22. The number of furan rings is 1. The van der Waals surface area contributed by atoms with Crippen molar-refractivity contribution in [3.63, 3.8) is 0 Å². The molecule has 0 radical (unpaired) electrons. The number of hydrogen-bond donors (Lipinski definition) is 1. The van der Waals surface area contributed by atoms with Crippen LogP contribution in [0.3, 0.4) is 0 Å². The first-order chi connectivity index (χ1) is 12.6. The van der Waals surface area contributed by atoms with E-state index < -0.39 is 0 Å². The molecule has 4 rings (SSSR count). The summed E-state index contributed by atoms with van der Waals surface area (Å²) in [4.78, 5) is 17.5. The molecule has 2 aliphatic rings. The molecule has 5 nitrogen and oxygen atoms in total. The van der Waals surface area contributed by atoms with Crippen LogP contribution in [0, 0.1) is 6.92 Å². The molecule has 5 heteroatoms. The van der Waals surface area contributed by atoms with Crippen molar-refractivity contribution in [1.29, 1.82) is 0 Å². The van der Waals surface area contributed by atoms with Crippen molar-refractivity contribution in [2.45, 2.75) is 25.3 Å². The lowest BCUT2D eigenvalue weighted by molar-refractivity contribution is -0.000977. The third-order valence-electron chi connectivity index (χ3n) is 5.98. The summed E-state index contributed by atoms with van der Waals surface area (Å²) in [7, 11) is 2.20. The number of amides is 1. The number of benzene rings is 1. The van der Waals surface area contributed by atoms with E-state index in [0.717, 1.165) is 68.2 Å². The van der Waals surface area contributed by atoms with Gasteiger partial charge >= 0.3 is 0 Å². The van der Waals surface area contributed by atoms with Crippen molar-refractivity contribution in [2.75, 3.05) is 39.8 Å². The first kappa shape index (κ1) is 17.3. The van der Waals surface area contributed by atoms with E-state index in [1.807, 2.05) is 48.2 Å². The number of nitrogens with zero attached hydrogens (tertiary/aromatic N) is 2. The summed E-state index contributed by atoms with van der Waals surface area (Å²) >= 11 is 0. The number of likely N-dealkylation sites (N-methyl/N-ethyl adjacent to an activating group) is 1. The zero-order chi connectivity index (χ0) is 18.1. The molecular formula is C21H27N3O2. The van der Waals surface area contributed by atoms with Gasteiger partial charge in [-0.25, -0.2) is 0 Å². The van der Waals surface area contributed by atoms with Crippen LogP contribution in [0.15, 0.2) is 40.8 Å². The molecule has 1 spiro atoms. The Morgan fingerprint density at radius 2 is 1.81 bits per heavy atom. The Morgan fingerprint density at radius 3 is 2.46 bits per heavy atom. The van der Waals surface area contributed by atoms with Crippen LogP contribution in [-0.2, 0) is 0 Å². The summed E-state index contributed by atoms with van der Waals surface area (Å²) in [5.74, 6) is 1.87. The number of hydrogen-bond acceptors (Lipinski definition) is 4. The van der Waals surface area contributed by atoms with Gasteiger partial charge in [0.2, 0.25) is 0 Å². The van der Waals surface area contributed by atoms with E-state index >= 15 is 0 Å². The predicted molar refractivity (Wildman–Crippen MR) is 102 cm³/mol. The third kappa shape index (κ3) is 3.17. The Balaban J connectivity index is 1.50. The van der Waals surface area contributed by atoms with Crippen LogP contribution in [0.25, 0.3) is 11.3 Å². The lowest BCUT2D eigenvalue weighted by Crippen LogP contribution is -2.64. The summed E-state index contributed by atoms with van der Waals surface area (Å²) in [6.45, 7) is 6.56. The van der Waals surface area contributed by atoms with Crippen molar-refractivity contribution in [1.82, 2.24) is 15.1 Å². The first-order valence-electron chi connectivity index (χ1n) is 9.46. The highest BCUT2D eigenvalue weighted by Gasteiger charge is 2.41. The van der Waals surface area contributed by atoms with Gasteiger partial charge in [-0.15, -0.1) is 0 Å². The summed E-state index contributed by atoms with van der Waals surface area (Å²) < 4.78 is 5.67. The van der Waals surface area contributed by atoms with Gasteiger partial charge in [0.05, 0.1) is 0 Å². The van der Waals surface area contributed by atoms with Crippen molar-refractivity contribution in [2.24, 2.45) is 0 Å². The zero-order valence-corrected chi connectivity index (χ0v) is 15.6. The maximum Gasteiger partial charge on any atom is 0.253 e. The third-order valence-corrected chi connectivity index (χ3v) is 5.98. The first-order valence-corrected chi connectivity index (χ1v) is 9.46. The number of carbonyl (C=O) groups is 1. The van der Waals surface area contributed by atoms with Gasteiger partial charge in [-0.1, -0.05) is 12.1 Å². The van der Waals surface area contributed by atoms with E-state index in [1.54, 1.807) is 0 Å². The van der Waals surface area contributed by atoms with Gasteiger partial charge in [-0.05, 0) is 64.2 Å². The van der Waals surface area contributed by atoms with Gasteiger partial charge in [0.25, 0.3) is 5.91 Å². The van der Waals surface area contributed by atoms with E-state index in [4.69, 9.17) is 4.42 Å². The average molecular weight is 353 g/mol. The molecule has 0 atom stereocenters. The summed E-state index contributed by atoms with van der Waals surface area (Å²) in [5.41, 5.74) is 1.89. The highest BCUT2D eigenvalue weighted by Crippen LogP contribution is 2.30. The Hall–Kier alpha value is -2.11. The topological polar surface area (TPSA) is 48.7 Å². The monoisotopic (exact) mass is 353 g/mol. The summed E-state index contributed by atoms with van der Waals surface area (Å²) in [5, 5.41) is 3.44. The molecule has 3 heterocycles. The van der Waals surface area contributed by atoms with Gasteiger partial charge in [0, 0.05) is 36.3 Å². The van der Waals surface area contributed by atoms with Gasteiger partial charge in [-0.2, -0.15) is 0 Å². The molecule has 1 aromatic heterocycles. The fraction of sp³-hybridized carbons (Fsp3) is 0.476. The molecule has 2 fully saturated rings. The van der Waals surface area contributed by atoms with Gasteiger partial charge in [-0.3, -0.25) is 9.69 Å². The van der Waals surface area contributed by atoms with E-state index in [1.165, 1.54) is 0 Å². The standard InChI is InChI=1S/C21H27N3O2/c1-16-3-8-19(26-16)17-4-6-18(7-5-17)20(25)24-14-13-23(2)21(15-24)9-11-22-12-10-21/h3-8,22H,9-15H2,1-2H3. The minimum atomic E-state index is 0.130. The van der Waals surface area contributed by atoms with Crippen LogP contribution < -0.4 is 5.32 Å². The number of rotatable bonds is 2. The van der Waals surface area contributed by atoms with Crippen LogP contribution in [0.1, 0.15) is 29.0 Å². The molecule has 138 valence electrons. The summed E-state index contributed by atoms with van der Waals surface area (Å²) in [6.07, 6.45) is 2.20. The van der Waals surface area contributed by atoms with E-state index in [9.17, 15) is 4.79 Å². The Bertz CT molecular complexity index is 775. The maximum absolute atomic E-state index is 13.1. The molecule has 0 aliphatic carbocycles. The second kappa shape index (κ2) is 6.89. The molecule has 1 aromatic carbocycles. The highest BCUT2D eigenvalue weighted by atomic mass is 16.3. The summed E-state index contributed by atoms with van der Waals surface area (Å²) in [6, 6.07) is 11.7. The Morgan fingerprint density at radius 1 is 1.08 bits per heavy atom. The van der Waals surface area contributed by atoms with Crippen molar-refractivity contribution >= 4 is 5.91 Å². The predicted octanol–water partition coefficient (Wildman–Crippen LogP) is 2.76. The Kier molecular flexibility index (Phi) is 4.59. The molecular weight excluding hydrogens is 326 g/mol. The van der Waals surface area contributed by atoms with E-state index in [0.29, 0.717) is 0 Å². The normalized spacial score (nSPS) is 20.5. The zero-order valence-electron chi connectivity index (χ0n) is 15.6. The van der Waals surface area contributed by atoms with Crippen LogP contribution >= 0.6 is 0 Å². The highest BCUT2D eigenvalue weighted by molar-refractivity contribution is 5.94. The van der Waals surface area contributed by atoms with Gasteiger partial charge < -0.3 is 14.6 Å². The maximum atomic E-state index is 13.1. The van der Waals surface area contributed by atoms with Crippen molar-refractivity contribution in [3.05, 3.63) is 47.7 Å². The molecule has 1 amide bonds. The molecule has 2 saturated heterocycles. The fourth-order valence-corrected chi connectivity index (χ4v) is 4.22. The number of piperidine rings is 1. The minimum Gasteiger partial charge on any atom is -0.461 e. The quantitative estimate of drug-likeness (QED) is 0.902. The molecule has 2 aliphatic heterocycles. The molecule has 0 saturated carbocycles. The molecule has 26 heavy (non-hydrogen) atoms. The van der Waals surface area contributed by atoms with Gasteiger partial charge in [0.15, 0.2) is 0 Å². The van der Waals surface area contributed by atoms with Crippen LogP contribution in [0.2, 0.25) is 0 Å². The number of carbonyl (C=O) groups excluding carboxylic acids is 1. The lowest BCUT2D eigenvalue weighted by Gasteiger charge is -2.51. The molecule has 0 unspecified atom stereocenters. The Labute approximate surface area is 155 Å². The lowest BCUT2D eigenvalue weighted by atomic mass is 9.84. The number of nitrogens with one attached hydrogen (secondary N) is 1. The van der Waals surface area contributed by atoms with E-state index in [-0.39, 0.29) is 11.4 Å². The van der Waals surface area contributed by atoms with Crippen LogP contribution in [0.4, 0.5) is 0 Å². The number of aryl methyl sites for hydroxylation is 1. The average Bonchev–Trinajstić information content (AvgIpc) is 3.11. The molecule has 1 N–H and O–H groups in total. The number of piperazine rings is 1.